The number of benzene rings is 1. The molecule has 2 rings (SSSR count). The molecule has 0 spiro atoms. The molecule has 94 valence electrons. The third kappa shape index (κ3) is 2.99. The van der Waals surface area contributed by atoms with Crippen molar-refractivity contribution >= 4 is 0 Å². The highest BCUT2D eigenvalue weighted by Gasteiger charge is 2.27. The maximum atomic E-state index is 10.2. The highest BCUT2D eigenvalue weighted by molar-refractivity contribution is 5.32. The smallest absolute Gasteiger partial charge is 0.119 e. The van der Waals surface area contributed by atoms with Crippen molar-refractivity contribution < 1.29 is 14.9 Å². The van der Waals surface area contributed by atoms with Gasteiger partial charge in [-0.25, -0.2) is 0 Å². The molecule has 3 heteroatoms. The van der Waals surface area contributed by atoms with Gasteiger partial charge in [-0.15, -0.1) is 0 Å². The van der Waals surface area contributed by atoms with E-state index in [2.05, 4.69) is 0 Å². The molecule has 1 aromatic rings. The standard InChI is InChI=1S/C14H20O3/c1-2-14(16,10-15)12-4-3-5-13(8-12)17-9-11-6-7-11/h3-5,8,11,15-16H,2,6-7,9-10H2,1H3/t14-/m1/s1. The molecule has 2 N–H and O–H groups in total. The predicted octanol–water partition coefficient (Wildman–Crippen LogP) is 2.07. The van der Waals surface area contributed by atoms with E-state index in [9.17, 15) is 10.2 Å². The summed E-state index contributed by atoms with van der Waals surface area (Å²) in [6, 6.07) is 7.39. The Hall–Kier alpha value is -1.06. The summed E-state index contributed by atoms with van der Waals surface area (Å²) in [7, 11) is 0. The number of aliphatic hydroxyl groups excluding tert-OH is 1. The highest BCUT2D eigenvalue weighted by atomic mass is 16.5. The maximum Gasteiger partial charge on any atom is 0.119 e. The third-order valence-electron chi connectivity index (χ3n) is 3.40. The summed E-state index contributed by atoms with van der Waals surface area (Å²) < 4.78 is 5.66. The molecular weight excluding hydrogens is 216 g/mol. The van der Waals surface area contributed by atoms with Crippen molar-refractivity contribution in [2.24, 2.45) is 5.92 Å². The summed E-state index contributed by atoms with van der Waals surface area (Å²) in [5.41, 5.74) is -0.435. The minimum Gasteiger partial charge on any atom is -0.493 e. The van der Waals surface area contributed by atoms with Gasteiger partial charge in [0, 0.05) is 0 Å². The summed E-state index contributed by atoms with van der Waals surface area (Å²) in [5.74, 6) is 1.48. The number of hydrogen-bond donors (Lipinski definition) is 2. The molecular formula is C14H20O3. The van der Waals surface area contributed by atoms with Gasteiger partial charge in [0.1, 0.15) is 11.4 Å². The molecule has 0 amide bonds. The second kappa shape index (κ2) is 5.07. The van der Waals surface area contributed by atoms with Crippen LogP contribution in [0.15, 0.2) is 24.3 Å². The van der Waals surface area contributed by atoms with Crippen molar-refractivity contribution in [1.29, 1.82) is 0 Å². The summed E-state index contributed by atoms with van der Waals surface area (Å²) in [5, 5.41) is 19.5. The molecule has 1 aromatic carbocycles. The van der Waals surface area contributed by atoms with Gasteiger partial charge in [0.15, 0.2) is 0 Å². The molecule has 0 bridgehead atoms. The van der Waals surface area contributed by atoms with E-state index in [1.54, 1.807) is 0 Å². The van der Waals surface area contributed by atoms with E-state index in [0.717, 1.165) is 17.9 Å². The lowest BCUT2D eigenvalue weighted by molar-refractivity contribution is -0.0224. The summed E-state index contributed by atoms with van der Waals surface area (Å²) >= 11 is 0. The molecule has 0 saturated heterocycles. The SMILES string of the molecule is CC[C@@](O)(CO)c1cccc(OCC2CC2)c1. The summed E-state index contributed by atoms with van der Waals surface area (Å²) in [6.07, 6.45) is 3.00. The van der Waals surface area contributed by atoms with E-state index >= 15 is 0 Å². The number of rotatable bonds is 6. The first-order valence-electron chi connectivity index (χ1n) is 6.24. The van der Waals surface area contributed by atoms with Crippen molar-refractivity contribution in [1.82, 2.24) is 0 Å². The van der Waals surface area contributed by atoms with Gasteiger partial charge in [0.25, 0.3) is 0 Å². The van der Waals surface area contributed by atoms with Gasteiger partial charge in [-0.3, -0.25) is 0 Å². The van der Waals surface area contributed by atoms with Gasteiger partial charge in [-0.2, -0.15) is 0 Å². The Bertz CT molecular complexity index is 367. The van der Waals surface area contributed by atoms with Crippen molar-refractivity contribution in [3.8, 4) is 5.75 Å². The third-order valence-corrected chi connectivity index (χ3v) is 3.40. The zero-order chi connectivity index (χ0) is 12.3. The van der Waals surface area contributed by atoms with Crippen molar-refractivity contribution in [2.45, 2.75) is 31.8 Å². The van der Waals surface area contributed by atoms with Crippen LogP contribution in [0.3, 0.4) is 0 Å². The van der Waals surface area contributed by atoms with E-state index in [-0.39, 0.29) is 6.61 Å². The van der Waals surface area contributed by atoms with E-state index < -0.39 is 5.60 Å². The molecule has 1 atom stereocenters. The number of aliphatic hydroxyl groups is 2. The fourth-order valence-electron chi connectivity index (χ4n) is 1.78. The molecule has 1 aliphatic rings. The first-order chi connectivity index (χ1) is 8.18. The van der Waals surface area contributed by atoms with Crippen LogP contribution in [0.5, 0.6) is 5.75 Å². The first kappa shape index (κ1) is 12.4. The number of hydrogen-bond acceptors (Lipinski definition) is 3. The highest BCUT2D eigenvalue weighted by Crippen LogP contribution is 2.31. The van der Waals surface area contributed by atoms with Gasteiger partial charge in [-0.05, 0) is 42.9 Å². The Balaban J connectivity index is 2.08. The van der Waals surface area contributed by atoms with E-state index in [1.165, 1.54) is 12.8 Å². The van der Waals surface area contributed by atoms with Crippen molar-refractivity contribution in [2.75, 3.05) is 13.2 Å². The normalized spacial score (nSPS) is 18.8. The van der Waals surface area contributed by atoms with Gasteiger partial charge in [-0.1, -0.05) is 19.1 Å². The molecule has 3 nitrogen and oxygen atoms in total. The Kier molecular flexibility index (Phi) is 3.69. The van der Waals surface area contributed by atoms with Gasteiger partial charge in [0.2, 0.25) is 0 Å². The molecule has 0 radical (unpaired) electrons. The van der Waals surface area contributed by atoms with Crippen LogP contribution in [0.25, 0.3) is 0 Å². The Morgan fingerprint density at radius 3 is 2.76 bits per heavy atom. The fourth-order valence-corrected chi connectivity index (χ4v) is 1.78. The van der Waals surface area contributed by atoms with Crippen LogP contribution in [0.1, 0.15) is 31.7 Å². The van der Waals surface area contributed by atoms with Crippen LogP contribution >= 0.6 is 0 Å². The lowest BCUT2D eigenvalue weighted by atomic mass is 9.92. The minimum atomic E-state index is -1.15. The zero-order valence-corrected chi connectivity index (χ0v) is 10.2. The van der Waals surface area contributed by atoms with Gasteiger partial charge < -0.3 is 14.9 Å². The second-order valence-corrected chi connectivity index (χ2v) is 4.83. The van der Waals surface area contributed by atoms with Crippen molar-refractivity contribution in [3.63, 3.8) is 0 Å². The van der Waals surface area contributed by atoms with E-state index in [0.29, 0.717) is 12.3 Å². The monoisotopic (exact) mass is 236 g/mol. The molecule has 17 heavy (non-hydrogen) atoms. The Morgan fingerprint density at radius 2 is 2.18 bits per heavy atom. The molecule has 1 fully saturated rings. The summed E-state index contributed by atoms with van der Waals surface area (Å²) in [6.45, 7) is 2.34. The molecule has 0 aromatic heterocycles. The van der Waals surface area contributed by atoms with Crippen LogP contribution in [0.4, 0.5) is 0 Å². The van der Waals surface area contributed by atoms with E-state index in [1.807, 2.05) is 31.2 Å². The van der Waals surface area contributed by atoms with Crippen LogP contribution in [-0.4, -0.2) is 23.4 Å². The van der Waals surface area contributed by atoms with Gasteiger partial charge in [0.05, 0.1) is 13.2 Å². The Labute approximate surface area is 102 Å². The fraction of sp³-hybridized carbons (Fsp3) is 0.571. The quantitative estimate of drug-likeness (QED) is 0.795. The minimum absolute atomic E-state index is 0.268. The molecule has 0 heterocycles. The molecule has 1 saturated carbocycles. The largest absolute Gasteiger partial charge is 0.493 e. The Morgan fingerprint density at radius 1 is 1.41 bits per heavy atom. The average Bonchev–Trinajstić information content (AvgIpc) is 3.20. The molecule has 0 aliphatic heterocycles. The average molecular weight is 236 g/mol. The topological polar surface area (TPSA) is 49.7 Å². The second-order valence-electron chi connectivity index (χ2n) is 4.83. The molecule has 0 unspecified atom stereocenters. The number of ether oxygens (including phenoxy) is 1. The molecule has 1 aliphatic carbocycles. The van der Waals surface area contributed by atoms with Crippen LogP contribution in [0, 0.1) is 5.92 Å². The first-order valence-corrected chi connectivity index (χ1v) is 6.24. The van der Waals surface area contributed by atoms with Crippen LogP contribution in [0.2, 0.25) is 0 Å². The maximum absolute atomic E-state index is 10.2. The lowest BCUT2D eigenvalue weighted by Crippen LogP contribution is -2.29. The van der Waals surface area contributed by atoms with E-state index in [4.69, 9.17) is 4.74 Å². The van der Waals surface area contributed by atoms with Crippen LogP contribution < -0.4 is 4.74 Å². The summed E-state index contributed by atoms with van der Waals surface area (Å²) in [4.78, 5) is 0. The van der Waals surface area contributed by atoms with Gasteiger partial charge >= 0.3 is 0 Å². The zero-order valence-electron chi connectivity index (χ0n) is 10.2. The van der Waals surface area contributed by atoms with Crippen LogP contribution in [-0.2, 0) is 5.60 Å². The van der Waals surface area contributed by atoms with Crippen molar-refractivity contribution in [3.05, 3.63) is 29.8 Å². The predicted molar refractivity (Wildman–Crippen MR) is 65.9 cm³/mol. The lowest BCUT2D eigenvalue weighted by Gasteiger charge is -2.25.